The fourth-order valence-electron chi connectivity index (χ4n) is 4.13. The molecule has 0 spiro atoms. The van der Waals surface area contributed by atoms with Crippen LogP contribution in [0.25, 0.3) is 5.57 Å². The van der Waals surface area contributed by atoms with Crippen LogP contribution in [0, 0.1) is 6.92 Å². The quantitative estimate of drug-likeness (QED) is 0.710. The molecule has 1 saturated carbocycles. The lowest BCUT2D eigenvalue weighted by atomic mass is 9.88. The van der Waals surface area contributed by atoms with Gasteiger partial charge in [0, 0.05) is 24.1 Å². The molecule has 0 N–H and O–H groups in total. The Bertz CT molecular complexity index is 1180. The Labute approximate surface area is 177 Å². The molecule has 158 valence electrons. The fraction of sp³-hybridized carbons (Fsp3) is 0.292. The largest absolute Gasteiger partial charge is 0.586 e. The summed E-state index contributed by atoms with van der Waals surface area (Å²) in [5.74, 6) is -0.142. The molecule has 3 aliphatic rings. The molecule has 1 aromatic carbocycles. The molecule has 2 heterocycles. The van der Waals surface area contributed by atoms with E-state index in [9.17, 15) is 18.4 Å². The van der Waals surface area contributed by atoms with Gasteiger partial charge in [0.2, 0.25) is 0 Å². The van der Waals surface area contributed by atoms with Gasteiger partial charge in [-0.15, -0.1) is 8.78 Å². The van der Waals surface area contributed by atoms with Crippen molar-refractivity contribution in [1.29, 1.82) is 0 Å². The van der Waals surface area contributed by atoms with E-state index in [0.29, 0.717) is 41.8 Å². The number of ketones is 2. The van der Waals surface area contributed by atoms with Crippen LogP contribution in [-0.2, 0) is 21.4 Å². The zero-order chi connectivity index (χ0) is 21.8. The van der Waals surface area contributed by atoms with Crippen LogP contribution in [0.4, 0.5) is 8.78 Å². The number of fused-ring (bicyclic) bond motifs is 1. The minimum Gasteiger partial charge on any atom is -0.395 e. The van der Waals surface area contributed by atoms with Crippen LogP contribution in [0.2, 0.25) is 0 Å². The van der Waals surface area contributed by atoms with Gasteiger partial charge in [0.25, 0.3) is 0 Å². The Morgan fingerprint density at radius 1 is 1.13 bits per heavy atom. The van der Waals surface area contributed by atoms with Gasteiger partial charge in [-0.25, -0.2) is 0 Å². The van der Waals surface area contributed by atoms with Gasteiger partial charge in [0.15, 0.2) is 17.3 Å². The number of Topliss-reactive ketones (excluding diaryl/α,β-unsaturated/α-hetero) is 2. The summed E-state index contributed by atoms with van der Waals surface area (Å²) in [5.41, 5.74) is 2.49. The predicted molar refractivity (Wildman–Crippen MR) is 108 cm³/mol. The lowest BCUT2D eigenvalue weighted by Crippen LogP contribution is -2.26. The number of halogens is 2. The summed E-state index contributed by atoms with van der Waals surface area (Å²) in [6.07, 6.45) is 3.38. The Hall–Kier alpha value is -3.35. The highest BCUT2D eigenvalue weighted by Gasteiger charge is 2.52. The smallest absolute Gasteiger partial charge is 0.395 e. The summed E-state index contributed by atoms with van der Waals surface area (Å²) in [7, 11) is 0. The Balaban J connectivity index is 1.40. The Morgan fingerprint density at radius 3 is 2.65 bits per heavy atom. The third kappa shape index (κ3) is 3.44. The number of carbonyl (C=O) groups is 2. The topological polar surface area (TPSA) is 65.5 Å². The Kier molecular flexibility index (Phi) is 4.32. The summed E-state index contributed by atoms with van der Waals surface area (Å²) in [6, 6.07) is 8.17. The lowest BCUT2D eigenvalue weighted by Gasteiger charge is -2.16. The zero-order valence-electron chi connectivity index (χ0n) is 16.8. The van der Waals surface area contributed by atoms with Crippen LogP contribution in [0.15, 0.2) is 48.6 Å². The van der Waals surface area contributed by atoms with E-state index in [1.807, 2.05) is 19.1 Å². The van der Waals surface area contributed by atoms with Crippen molar-refractivity contribution in [3.8, 4) is 11.5 Å². The first-order chi connectivity index (χ1) is 14.8. The molecule has 0 saturated heterocycles. The van der Waals surface area contributed by atoms with E-state index in [-0.39, 0.29) is 29.5 Å². The van der Waals surface area contributed by atoms with Crippen molar-refractivity contribution in [3.05, 3.63) is 71.1 Å². The normalized spacial score (nSPS) is 19.8. The third-order valence-electron chi connectivity index (χ3n) is 5.99. The molecule has 0 radical (unpaired) electrons. The van der Waals surface area contributed by atoms with Crippen molar-refractivity contribution in [2.45, 2.75) is 44.3 Å². The second-order valence-corrected chi connectivity index (χ2v) is 8.11. The van der Waals surface area contributed by atoms with E-state index >= 15 is 0 Å². The number of alkyl halides is 2. The molecule has 0 amide bonds. The number of benzene rings is 1. The van der Waals surface area contributed by atoms with Crippen molar-refractivity contribution < 1.29 is 27.8 Å². The highest BCUT2D eigenvalue weighted by molar-refractivity contribution is 6.22. The van der Waals surface area contributed by atoms with Gasteiger partial charge >= 0.3 is 6.29 Å². The number of hydrogen-bond acceptors (Lipinski definition) is 5. The first-order valence-corrected chi connectivity index (χ1v) is 10.1. The third-order valence-corrected chi connectivity index (χ3v) is 5.99. The molecule has 7 heteroatoms. The molecular formula is C24H19F2NO4. The number of nitrogens with zero attached hydrogens (tertiary/aromatic N) is 1. The highest BCUT2D eigenvalue weighted by atomic mass is 19.3. The average Bonchev–Trinajstić information content (AvgIpc) is 3.47. The molecule has 1 aliphatic heterocycles. The van der Waals surface area contributed by atoms with E-state index < -0.39 is 11.7 Å². The van der Waals surface area contributed by atoms with Crippen molar-refractivity contribution in [2.24, 2.45) is 0 Å². The minimum absolute atomic E-state index is 0.00241. The number of rotatable bonds is 5. The molecule has 2 aromatic rings. The number of pyridine rings is 1. The van der Waals surface area contributed by atoms with Crippen molar-refractivity contribution in [3.63, 3.8) is 0 Å². The summed E-state index contributed by atoms with van der Waals surface area (Å²) in [5, 5.41) is 0. The standard InChI is InChI=1S/C24H19F2NO4/c1-14-6-8-16(27-22(14)17-4-2-3-5-18(17)28)13-21(29)23(10-11-23)15-7-9-19-20(12-15)31-24(25,26)30-19/h2-4,6-9,12H,5,10-11,13H2,1H3. The highest BCUT2D eigenvalue weighted by Crippen LogP contribution is 2.52. The van der Waals surface area contributed by atoms with Crippen LogP contribution in [0.5, 0.6) is 11.5 Å². The van der Waals surface area contributed by atoms with Gasteiger partial charge in [-0.3, -0.25) is 14.6 Å². The first kappa shape index (κ1) is 19.6. The van der Waals surface area contributed by atoms with E-state index in [2.05, 4.69) is 14.5 Å². The summed E-state index contributed by atoms with van der Waals surface area (Å²) in [4.78, 5) is 30.1. The van der Waals surface area contributed by atoms with Crippen LogP contribution >= 0.6 is 0 Å². The molecule has 0 unspecified atom stereocenters. The molecule has 5 nitrogen and oxygen atoms in total. The van der Waals surface area contributed by atoms with E-state index in [0.717, 1.165) is 5.56 Å². The number of aromatic nitrogens is 1. The Morgan fingerprint density at radius 2 is 1.90 bits per heavy atom. The van der Waals surface area contributed by atoms with Crippen LogP contribution in [-0.4, -0.2) is 22.8 Å². The second kappa shape index (κ2) is 6.83. The molecule has 0 atom stereocenters. The van der Waals surface area contributed by atoms with Crippen LogP contribution in [0.1, 0.15) is 41.8 Å². The molecule has 1 fully saturated rings. The molecule has 0 bridgehead atoms. The monoisotopic (exact) mass is 423 g/mol. The summed E-state index contributed by atoms with van der Waals surface area (Å²) in [6.45, 7) is 1.88. The van der Waals surface area contributed by atoms with Crippen molar-refractivity contribution in [1.82, 2.24) is 4.98 Å². The molecule has 5 rings (SSSR count). The number of hydrogen-bond donors (Lipinski definition) is 0. The lowest BCUT2D eigenvalue weighted by molar-refractivity contribution is -0.286. The zero-order valence-corrected chi connectivity index (χ0v) is 16.8. The van der Waals surface area contributed by atoms with E-state index in [1.165, 1.54) is 12.1 Å². The molecule has 1 aromatic heterocycles. The fourth-order valence-corrected chi connectivity index (χ4v) is 4.13. The van der Waals surface area contributed by atoms with Crippen LogP contribution in [0.3, 0.4) is 0 Å². The predicted octanol–water partition coefficient (Wildman–Crippen LogP) is 4.47. The SMILES string of the molecule is Cc1ccc(CC(=O)C2(c3ccc4c(c3)OC(F)(F)O4)CC2)nc1C1=CC=CCC1=O. The van der Waals surface area contributed by atoms with Gasteiger partial charge < -0.3 is 9.47 Å². The molecular weight excluding hydrogens is 404 g/mol. The maximum absolute atomic E-state index is 13.3. The van der Waals surface area contributed by atoms with E-state index in [1.54, 1.807) is 24.3 Å². The molecule has 2 aliphatic carbocycles. The second-order valence-electron chi connectivity index (χ2n) is 8.11. The maximum Gasteiger partial charge on any atom is 0.586 e. The summed E-state index contributed by atoms with van der Waals surface area (Å²) >= 11 is 0. The van der Waals surface area contributed by atoms with Gasteiger partial charge in [0.1, 0.15) is 5.78 Å². The first-order valence-electron chi connectivity index (χ1n) is 10.1. The van der Waals surface area contributed by atoms with Gasteiger partial charge in [-0.05, 0) is 55.2 Å². The van der Waals surface area contributed by atoms with Crippen molar-refractivity contribution >= 4 is 17.1 Å². The number of aryl methyl sites for hydroxylation is 1. The number of ether oxygens (including phenoxy) is 2. The van der Waals surface area contributed by atoms with Crippen LogP contribution < -0.4 is 9.47 Å². The van der Waals surface area contributed by atoms with Gasteiger partial charge in [-0.2, -0.15) is 0 Å². The van der Waals surface area contributed by atoms with Crippen molar-refractivity contribution in [2.75, 3.05) is 0 Å². The minimum atomic E-state index is -3.69. The number of allylic oxidation sites excluding steroid dienone is 4. The van der Waals surface area contributed by atoms with Gasteiger partial charge in [-0.1, -0.05) is 24.3 Å². The maximum atomic E-state index is 13.3. The molecule has 31 heavy (non-hydrogen) atoms. The van der Waals surface area contributed by atoms with E-state index in [4.69, 9.17) is 0 Å². The van der Waals surface area contributed by atoms with Gasteiger partial charge in [0.05, 0.1) is 11.1 Å². The summed E-state index contributed by atoms with van der Waals surface area (Å²) < 4.78 is 35.6. The number of carbonyl (C=O) groups excluding carboxylic acids is 2. The average molecular weight is 423 g/mol.